The predicted octanol–water partition coefficient (Wildman–Crippen LogP) is 0.839. The number of ether oxygens (including phenoxy) is 3. The minimum atomic E-state index is -1.91. The first-order valence-corrected chi connectivity index (χ1v) is 5.43. The molecule has 0 heterocycles. The molecule has 0 aliphatic rings. The Morgan fingerprint density at radius 3 is 1.89 bits per heavy atom. The average Bonchev–Trinajstić information content (AvgIpc) is 2.29. The molecule has 0 radical (unpaired) electrons. The first-order chi connectivity index (χ1) is 8.47. The van der Waals surface area contributed by atoms with E-state index >= 15 is 0 Å². The molecule has 0 aromatic heterocycles. The van der Waals surface area contributed by atoms with Crippen molar-refractivity contribution in [1.82, 2.24) is 0 Å². The zero-order chi connectivity index (χ0) is 13.7. The van der Waals surface area contributed by atoms with Gasteiger partial charge in [0.05, 0.1) is 20.3 Å². The number of methoxy groups -OCH3 is 2. The van der Waals surface area contributed by atoms with E-state index in [1.807, 2.05) is 13.8 Å². The Kier molecular flexibility index (Phi) is 5.12. The van der Waals surface area contributed by atoms with Crippen LogP contribution in [0.4, 0.5) is 0 Å². The van der Waals surface area contributed by atoms with E-state index in [-0.39, 0.29) is 11.9 Å². The summed E-state index contributed by atoms with van der Waals surface area (Å²) in [5, 5.41) is 17.5. The number of benzene rings is 1. The van der Waals surface area contributed by atoms with Gasteiger partial charge >= 0.3 is 7.32 Å². The second-order valence-electron chi connectivity index (χ2n) is 3.77. The highest BCUT2D eigenvalue weighted by Crippen LogP contribution is 2.41. The maximum atomic E-state index is 8.77. The summed E-state index contributed by atoms with van der Waals surface area (Å²) in [6, 6.07) is 2.97. The third-order valence-corrected chi connectivity index (χ3v) is 2.03. The lowest BCUT2D eigenvalue weighted by molar-refractivity contribution is 0.217. The van der Waals surface area contributed by atoms with E-state index in [1.54, 1.807) is 0 Å². The molecule has 0 fully saturated rings. The minimum absolute atomic E-state index is 0.0528. The average molecular weight is 256 g/mol. The molecule has 6 nitrogen and oxygen atoms in total. The van der Waals surface area contributed by atoms with E-state index in [1.165, 1.54) is 26.4 Å². The van der Waals surface area contributed by atoms with Crippen molar-refractivity contribution in [2.75, 3.05) is 14.2 Å². The summed E-state index contributed by atoms with van der Waals surface area (Å²) < 4.78 is 20.7. The highest BCUT2D eigenvalue weighted by Gasteiger charge is 2.19. The lowest BCUT2D eigenvalue weighted by Crippen LogP contribution is -2.20. The molecule has 0 saturated heterocycles. The molecule has 100 valence electrons. The van der Waals surface area contributed by atoms with Crippen molar-refractivity contribution >= 4 is 7.32 Å². The molecule has 1 rings (SSSR count). The fourth-order valence-corrected chi connectivity index (χ4v) is 1.40. The van der Waals surface area contributed by atoms with Crippen molar-refractivity contribution in [2.45, 2.75) is 20.0 Å². The Bertz CT molecular complexity index is 368. The first kappa shape index (κ1) is 14.5. The van der Waals surface area contributed by atoms with Crippen molar-refractivity contribution in [2.24, 2.45) is 0 Å². The summed E-state index contributed by atoms with van der Waals surface area (Å²) in [4.78, 5) is 0. The lowest BCUT2D eigenvalue weighted by atomic mass is 10.2. The highest BCUT2D eigenvalue weighted by molar-refractivity contribution is 6.33. The Morgan fingerprint density at radius 1 is 1.06 bits per heavy atom. The normalized spacial score (nSPS) is 10.2. The van der Waals surface area contributed by atoms with E-state index in [0.29, 0.717) is 17.2 Å². The monoisotopic (exact) mass is 256 g/mol. The largest absolute Gasteiger partial charge is 0.707 e. The van der Waals surface area contributed by atoms with Crippen molar-refractivity contribution in [1.29, 1.82) is 0 Å². The minimum Gasteiger partial charge on any atom is -0.512 e. The smallest absolute Gasteiger partial charge is 0.512 e. The number of hydrogen-bond acceptors (Lipinski definition) is 6. The molecule has 1 aromatic rings. The van der Waals surface area contributed by atoms with Crippen LogP contribution in [0.1, 0.15) is 13.8 Å². The molecule has 7 heteroatoms. The molecular formula is C11H17BO6. The zero-order valence-electron chi connectivity index (χ0n) is 10.8. The quantitative estimate of drug-likeness (QED) is 0.734. The summed E-state index contributed by atoms with van der Waals surface area (Å²) in [6.45, 7) is 3.75. The summed E-state index contributed by atoms with van der Waals surface area (Å²) in [5.41, 5.74) is 0. The van der Waals surface area contributed by atoms with Gasteiger partial charge in [0.2, 0.25) is 5.75 Å². The van der Waals surface area contributed by atoms with Gasteiger partial charge in [-0.05, 0) is 13.8 Å². The molecule has 2 N–H and O–H groups in total. The third kappa shape index (κ3) is 3.71. The van der Waals surface area contributed by atoms with Gasteiger partial charge in [0.15, 0.2) is 11.5 Å². The molecule has 0 atom stereocenters. The molecule has 0 spiro atoms. The van der Waals surface area contributed by atoms with Crippen molar-refractivity contribution in [3.05, 3.63) is 12.1 Å². The van der Waals surface area contributed by atoms with Crippen LogP contribution >= 0.6 is 0 Å². The third-order valence-electron chi connectivity index (χ3n) is 2.03. The molecule has 1 aromatic carbocycles. The molecule has 18 heavy (non-hydrogen) atoms. The Morgan fingerprint density at radius 2 is 1.56 bits per heavy atom. The van der Waals surface area contributed by atoms with Crippen LogP contribution in [-0.4, -0.2) is 37.7 Å². The van der Waals surface area contributed by atoms with Crippen LogP contribution in [0.2, 0.25) is 0 Å². The van der Waals surface area contributed by atoms with Crippen molar-refractivity contribution in [3.8, 4) is 23.0 Å². The van der Waals surface area contributed by atoms with Gasteiger partial charge < -0.3 is 28.9 Å². The molecule has 0 unspecified atom stereocenters. The van der Waals surface area contributed by atoms with Crippen LogP contribution in [0.25, 0.3) is 0 Å². The topological polar surface area (TPSA) is 77.4 Å². The predicted molar refractivity (Wildman–Crippen MR) is 66.1 cm³/mol. The van der Waals surface area contributed by atoms with Crippen LogP contribution in [0.15, 0.2) is 12.1 Å². The van der Waals surface area contributed by atoms with Crippen LogP contribution in [0, 0.1) is 0 Å². The van der Waals surface area contributed by atoms with Gasteiger partial charge in [-0.15, -0.1) is 0 Å². The van der Waals surface area contributed by atoms with Gasteiger partial charge in [0.1, 0.15) is 5.75 Å². The Labute approximate surface area is 106 Å². The van der Waals surface area contributed by atoms with E-state index in [9.17, 15) is 0 Å². The number of rotatable bonds is 6. The van der Waals surface area contributed by atoms with Gasteiger partial charge in [-0.25, -0.2) is 0 Å². The summed E-state index contributed by atoms with van der Waals surface area (Å²) in [6.07, 6.45) is -0.0528. The highest BCUT2D eigenvalue weighted by atomic mass is 16.6. The van der Waals surface area contributed by atoms with Gasteiger partial charge in [0.25, 0.3) is 0 Å². The summed E-state index contributed by atoms with van der Waals surface area (Å²) in [7, 11) is 1.04. The fourth-order valence-electron chi connectivity index (χ4n) is 1.40. The molecule has 0 aliphatic heterocycles. The second-order valence-corrected chi connectivity index (χ2v) is 3.77. The second kappa shape index (κ2) is 6.37. The van der Waals surface area contributed by atoms with E-state index in [2.05, 4.69) is 0 Å². The van der Waals surface area contributed by atoms with Crippen LogP contribution in [0.5, 0.6) is 23.0 Å². The zero-order valence-corrected chi connectivity index (χ0v) is 10.8. The Balaban J connectivity index is 3.16. The van der Waals surface area contributed by atoms with Crippen molar-refractivity contribution in [3.63, 3.8) is 0 Å². The maximum absolute atomic E-state index is 8.77. The van der Waals surface area contributed by atoms with E-state index in [4.69, 9.17) is 28.9 Å². The van der Waals surface area contributed by atoms with Gasteiger partial charge in [0, 0.05) is 12.1 Å². The van der Waals surface area contributed by atoms with Crippen LogP contribution < -0.4 is 18.9 Å². The van der Waals surface area contributed by atoms with E-state index < -0.39 is 7.32 Å². The fraction of sp³-hybridized carbons (Fsp3) is 0.455. The molecular weight excluding hydrogens is 239 g/mol. The van der Waals surface area contributed by atoms with Gasteiger partial charge in [-0.2, -0.15) is 0 Å². The summed E-state index contributed by atoms with van der Waals surface area (Å²) >= 11 is 0. The maximum Gasteiger partial charge on any atom is 0.707 e. The Hall–Kier alpha value is -1.60. The van der Waals surface area contributed by atoms with Crippen LogP contribution in [0.3, 0.4) is 0 Å². The standard InChI is InChI=1S/C11H17BO6/c1-7(2)17-11-9(15-3)5-8(18-12(13)14)6-10(11)16-4/h5-7,13-14H,1-4H3. The van der Waals surface area contributed by atoms with E-state index in [0.717, 1.165) is 0 Å². The first-order valence-electron chi connectivity index (χ1n) is 5.43. The number of hydrogen-bond donors (Lipinski definition) is 2. The van der Waals surface area contributed by atoms with Gasteiger partial charge in [-0.1, -0.05) is 0 Å². The molecule has 0 amide bonds. The van der Waals surface area contributed by atoms with Crippen molar-refractivity contribution < 1.29 is 28.9 Å². The SMILES string of the molecule is COc1cc(OB(O)O)cc(OC)c1OC(C)C. The van der Waals surface area contributed by atoms with Gasteiger partial charge in [-0.3, -0.25) is 0 Å². The molecule has 0 aliphatic carbocycles. The molecule has 0 saturated carbocycles. The lowest BCUT2D eigenvalue weighted by Gasteiger charge is -2.18. The van der Waals surface area contributed by atoms with Crippen LogP contribution in [-0.2, 0) is 0 Å². The summed E-state index contributed by atoms with van der Waals surface area (Å²) in [5.74, 6) is 1.42. The molecule has 0 bridgehead atoms.